The molecule has 7 nitrogen and oxygen atoms in total. The van der Waals surface area contributed by atoms with E-state index in [1.807, 2.05) is 32.0 Å². The van der Waals surface area contributed by atoms with Crippen LogP contribution < -0.4 is 15.5 Å². The van der Waals surface area contributed by atoms with E-state index < -0.39 is 46.0 Å². The Morgan fingerprint density at radius 3 is 2.36 bits per heavy atom. The van der Waals surface area contributed by atoms with Crippen molar-refractivity contribution in [2.24, 2.45) is 0 Å². The summed E-state index contributed by atoms with van der Waals surface area (Å²) in [7, 11) is -1.81. The quantitative estimate of drug-likeness (QED) is 0.528. The van der Waals surface area contributed by atoms with Crippen LogP contribution >= 0.6 is 0 Å². The van der Waals surface area contributed by atoms with Crippen LogP contribution in [0.4, 0.5) is 15.8 Å². The van der Waals surface area contributed by atoms with Crippen molar-refractivity contribution in [3.05, 3.63) is 59.4 Å². The molecule has 1 saturated carbocycles. The Labute approximate surface area is 214 Å². The van der Waals surface area contributed by atoms with Gasteiger partial charge < -0.3 is 10.6 Å². The van der Waals surface area contributed by atoms with Crippen LogP contribution in [0.15, 0.2) is 42.5 Å². The van der Waals surface area contributed by atoms with Gasteiger partial charge in [-0.3, -0.25) is 23.5 Å². The van der Waals surface area contributed by atoms with E-state index in [9.17, 15) is 23.0 Å². The monoisotopic (exact) mass is 515 g/mol. The third kappa shape index (κ3) is 7.71. The molecule has 0 unspecified atom stereocenters. The first-order valence-electron chi connectivity index (χ1n) is 12.2. The van der Waals surface area contributed by atoms with Gasteiger partial charge in [-0.05, 0) is 75.1 Å². The molecule has 1 aliphatic rings. The van der Waals surface area contributed by atoms with E-state index >= 15 is 0 Å². The van der Waals surface area contributed by atoms with Crippen molar-refractivity contribution in [1.82, 2.24) is 5.32 Å². The third-order valence-corrected chi connectivity index (χ3v) is 7.47. The fourth-order valence-electron chi connectivity index (χ4n) is 4.36. The number of anilines is 2. The summed E-state index contributed by atoms with van der Waals surface area (Å²) in [6, 6.07) is 10.1. The lowest BCUT2D eigenvalue weighted by Crippen LogP contribution is -2.52. The van der Waals surface area contributed by atoms with E-state index in [0.717, 1.165) is 43.2 Å². The zero-order chi connectivity index (χ0) is 26.2. The number of halogens is 1. The molecule has 2 atom stereocenters. The van der Waals surface area contributed by atoms with E-state index in [2.05, 4.69) is 10.6 Å². The molecule has 194 valence electrons. The van der Waals surface area contributed by atoms with Crippen molar-refractivity contribution in [2.45, 2.75) is 65.0 Å². The predicted octanol–water partition coefficient (Wildman–Crippen LogP) is 4.00. The van der Waals surface area contributed by atoms with Crippen molar-refractivity contribution in [3.8, 4) is 0 Å². The Morgan fingerprint density at radius 2 is 1.69 bits per heavy atom. The number of hydrogen-bond acceptors (Lipinski definition) is 4. The Hall–Kier alpha value is -3.07. The van der Waals surface area contributed by atoms with Crippen molar-refractivity contribution in [1.29, 1.82) is 0 Å². The van der Waals surface area contributed by atoms with E-state index in [4.69, 9.17) is 0 Å². The largest absolute Gasteiger partial charge is 0.352 e. The highest BCUT2D eigenvalue weighted by molar-refractivity contribution is 7.86. The molecular formula is C27H34FN3O4S. The number of carbonyl (C=O) groups is 3. The first-order chi connectivity index (χ1) is 17.1. The lowest BCUT2D eigenvalue weighted by atomic mass is 9.95. The van der Waals surface area contributed by atoms with Gasteiger partial charge in [0.2, 0.25) is 17.7 Å². The molecule has 1 aliphatic carbocycles. The standard InChI is InChI=1S/C27H34FN3O4S/c1-18-9-10-19(2)24(15-18)31(20(3)27(34)30-22-7-5-4-6-8-22)26(33)17-36(35)16-25(32)29-23-13-11-21(28)12-14-23/h9-15,20,22H,4-8,16-17H2,1-3H3,(H,29,32)(H,30,34)/t20-,36-/m1/s1. The smallest absolute Gasteiger partial charge is 0.243 e. The lowest BCUT2D eigenvalue weighted by molar-refractivity contribution is -0.126. The molecule has 0 saturated heterocycles. The van der Waals surface area contributed by atoms with Gasteiger partial charge in [-0.25, -0.2) is 4.39 Å². The summed E-state index contributed by atoms with van der Waals surface area (Å²) in [4.78, 5) is 40.3. The van der Waals surface area contributed by atoms with Crippen LogP contribution in [0.2, 0.25) is 0 Å². The van der Waals surface area contributed by atoms with Crippen molar-refractivity contribution < 1.29 is 23.0 Å². The number of amides is 3. The first kappa shape index (κ1) is 27.5. The minimum absolute atomic E-state index is 0.0912. The molecule has 1 fully saturated rings. The van der Waals surface area contributed by atoms with Crippen LogP contribution in [0.1, 0.15) is 50.2 Å². The third-order valence-electron chi connectivity index (χ3n) is 6.32. The van der Waals surface area contributed by atoms with Crippen LogP contribution in [0.5, 0.6) is 0 Å². The van der Waals surface area contributed by atoms with Gasteiger partial charge in [-0.1, -0.05) is 31.4 Å². The topological polar surface area (TPSA) is 95.6 Å². The molecule has 9 heteroatoms. The molecule has 2 aromatic carbocycles. The molecule has 2 N–H and O–H groups in total. The molecule has 2 aromatic rings. The average molecular weight is 516 g/mol. The Kier molecular flexibility index (Phi) is 9.75. The van der Waals surface area contributed by atoms with Gasteiger partial charge in [0.05, 0.1) is 0 Å². The van der Waals surface area contributed by atoms with Gasteiger partial charge in [0.15, 0.2) is 0 Å². The molecular weight excluding hydrogens is 481 g/mol. The number of aryl methyl sites for hydroxylation is 2. The highest BCUT2D eigenvalue weighted by Gasteiger charge is 2.31. The number of benzene rings is 2. The first-order valence-corrected chi connectivity index (χ1v) is 13.7. The summed E-state index contributed by atoms with van der Waals surface area (Å²) in [5, 5.41) is 5.62. The van der Waals surface area contributed by atoms with E-state index in [1.165, 1.54) is 29.2 Å². The summed E-state index contributed by atoms with van der Waals surface area (Å²) in [6.07, 6.45) is 5.14. The molecule has 36 heavy (non-hydrogen) atoms. The molecule has 0 aromatic heterocycles. The summed E-state index contributed by atoms with van der Waals surface area (Å²) in [5.41, 5.74) is 2.69. The fraction of sp³-hybridized carbons (Fsp3) is 0.444. The molecule has 0 radical (unpaired) electrons. The minimum atomic E-state index is -1.81. The van der Waals surface area contributed by atoms with Gasteiger partial charge in [0.25, 0.3) is 0 Å². The number of carbonyl (C=O) groups excluding carboxylic acids is 3. The normalized spacial score (nSPS) is 15.6. The number of nitrogens with one attached hydrogen (secondary N) is 2. The summed E-state index contributed by atoms with van der Waals surface area (Å²) >= 11 is 0. The van der Waals surface area contributed by atoms with E-state index in [1.54, 1.807) is 6.92 Å². The van der Waals surface area contributed by atoms with Crippen LogP contribution in [0, 0.1) is 19.7 Å². The van der Waals surface area contributed by atoms with Crippen molar-refractivity contribution in [2.75, 3.05) is 21.7 Å². The zero-order valence-corrected chi connectivity index (χ0v) is 21.8. The van der Waals surface area contributed by atoms with Crippen LogP contribution in [0.25, 0.3) is 0 Å². The van der Waals surface area contributed by atoms with Gasteiger partial charge in [0, 0.05) is 28.2 Å². The maximum Gasteiger partial charge on any atom is 0.243 e. The highest BCUT2D eigenvalue weighted by Crippen LogP contribution is 2.25. The van der Waals surface area contributed by atoms with Crippen LogP contribution in [-0.2, 0) is 25.2 Å². The summed E-state index contributed by atoms with van der Waals surface area (Å²) < 4.78 is 25.8. The second kappa shape index (κ2) is 12.8. The zero-order valence-electron chi connectivity index (χ0n) is 21.0. The summed E-state index contributed by atoms with van der Waals surface area (Å²) in [5.74, 6) is -2.54. The van der Waals surface area contributed by atoms with Gasteiger partial charge in [-0.2, -0.15) is 0 Å². The lowest BCUT2D eigenvalue weighted by Gasteiger charge is -2.32. The van der Waals surface area contributed by atoms with Crippen molar-refractivity contribution >= 4 is 39.9 Å². The van der Waals surface area contributed by atoms with Crippen molar-refractivity contribution in [3.63, 3.8) is 0 Å². The number of nitrogens with zero attached hydrogens (tertiary/aromatic N) is 1. The molecule has 3 rings (SSSR count). The molecule has 0 aliphatic heterocycles. The number of rotatable bonds is 9. The Bertz CT molecular complexity index is 1120. The van der Waals surface area contributed by atoms with Gasteiger partial charge in [-0.15, -0.1) is 0 Å². The summed E-state index contributed by atoms with van der Waals surface area (Å²) in [6.45, 7) is 5.42. The molecule has 3 amide bonds. The second-order valence-corrected chi connectivity index (χ2v) is 10.8. The predicted molar refractivity (Wildman–Crippen MR) is 141 cm³/mol. The number of hydrogen-bond donors (Lipinski definition) is 2. The SMILES string of the molecule is Cc1ccc(C)c(N(C(=O)C[S@](=O)CC(=O)Nc2ccc(F)cc2)[C@H](C)C(=O)NC2CCCCC2)c1. The Morgan fingerprint density at radius 1 is 1.03 bits per heavy atom. The molecule has 0 spiro atoms. The maximum absolute atomic E-state index is 13.4. The Balaban J connectivity index is 1.72. The highest BCUT2D eigenvalue weighted by atomic mass is 32.2. The molecule has 0 heterocycles. The van der Waals surface area contributed by atoms with Gasteiger partial charge in [0.1, 0.15) is 23.4 Å². The van der Waals surface area contributed by atoms with Crippen LogP contribution in [-0.4, -0.2) is 45.5 Å². The van der Waals surface area contributed by atoms with E-state index in [0.29, 0.717) is 11.4 Å². The average Bonchev–Trinajstić information content (AvgIpc) is 2.83. The fourth-order valence-corrected chi connectivity index (χ4v) is 5.24. The van der Waals surface area contributed by atoms with E-state index in [-0.39, 0.29) is 11.9 Å². The van der Waals surface area contributed by atoms with Gasteiger partial charge >= 0.3 is 0 Å². The molecule has 0 bridgehead atoms. The minimum Gasteiger partial charge on any atom is -0.352 e. The maximum atomic E-state index is 13.4. The second-order valence-electron chi connectivity index (χ2n) is 9.36. The van der Waals surface area contributed by atoms with Crippen LogP contribution in [0.3, 0.4) is 0 Å².